The van der Waals surface area contributed by atoms with Crippen LogP contribution >= 0.6 is 0 Å². The van der Waals surface area contributed by atoms with Crippen molar-refractivity contribution in [1.82, 2.24) is 0 Å². The summed E-state index contributed by atoms with van der Waals surface area (Å²) in [5, 5.41) is 0. The van der Waals surface area contributed by atoms with Gasteiger partial charge in [-0.1, -0.05) is 30.7 Å². The lowest BCUT2D eigenvalue weighted by Gasteiger charge is -2.17. The molecule has 0 spiro atoms. The molecule has 0 heterocycles. The first-order valence-electron chi connectivity index (χ1n) is 8.35. The highest BCUT2D eigenvalue weighted by molar-refractivity contribution is 5.92. The van der Waals surface area contributed by atoms with Gasteiger partial charge in [0.25, 0.3) is 0 Å². The van der Waals surface area contributed by atoms with Gasteiger partial charge in [-0.25, -0.2) is 0 Å². The highest BCUT2D eigenvalue weighted by Gasteiger charge is 2.11. The number of hydrogen-bond donors (Lipinski definition) is 1. The minimum Gasteiger partial charge on any atom is -0.491 e. The molecule has 0 atom stereocenters. The first-order chi connectivity index (χ1) is 11.5. The van der Waals surface area contributed by atoms with E-state index in [-0.39, 0.29) is 5.91 Å². The molecule has 0 aliphatic heterocycles. The van der Waals surface area contributed by atoms with Crippen molar-refractivity contribution in [2.24, 2.45) is 0 Å². The second kappa shape index (κ2) is 8.39. The summed E-state index contributed by atoms with van der Waals surface area (Å²) in [4.78, 5) is 14.1. The third-order valence-electron chi connectivity index (χ3n) is 3.96. The number of benzene rings is 2. The molecule has 0 radical (unpaired) electrons. The third-order valence-corrected chi connectivity index (χ3v) is 3.96. The highest BCUT2D eigenvalue weighted by Crippen LogP contribution is 2.23. The molecule has 4 heteroatoms. The van der Waals surface area contributed by atoms with Crippen LogP contribution in [0.4, 0.5) is 11.4 Å². The SMILES string of the molecule is CCCOc1ccc(CCC(=O)N(C)c2ccc(C)cc2)cc1N. The van der Waals surface area contributed by atoms with E-state index < -0.39 is 0 Å². The van der Waals surface area contributed by atoms with Crippen molar-refractivity contribution in [3.05, 3.63) is 53.6 Å². The average molecular weight is 326 g/mol. The normalized spacial score (nSPS) is 10.5. The molecule has 0 unspecified atom stereocenters. The maximum Gasteiger partial charge on any atom is 0.227 e. The lowest BCUT2D eigenvalue weighted by molar-refractivity contribution is -0.118. The molecule has 128 valence electrons. The van der Waals surface area contributed by atoms with Crippen LogP contribution in [-0.2, 0) is 11.2 Å². The van der Waals surface area contributed by atoms with E-state index in [1.165, 1.54) is 5.56 Å². The predicted molar refractivity (Wildman–Crippen MR) is 99.6 cm³/mol. The van der Waals surface area contributed by atoms with Crippen molar-refractivity contribution in [1.29, 1.82) is 0 Å². The minimum atomic E-state index is 0.0868. The van der Waals surface area contributed by atoms with Crippen molar-refractivity contribution in [2.75, 3.05) is 24.3 Å². The predicted octanol–water partition coefficient (Wildman–Crippen LogP) is 3.96. The van der Waals surface area contributed by atoms with Gasteiger partial charge in [-0.3, -0.25) is 4.79 Å². The van der Waals surface area contributed by atoms with Gasteiger partial charge in [0.2, 0.25) is 5.91 Å². The smallest absolute Gasteiger partial charge is 0.227 e. The number of carbonyl (C=O) groups is 1. The largest absolute Gasteiger partial charge is 0.491 e. The van der Waals surface area contributed by atoms with Crippen molar-refractivity contribution in [3.63, 3.8) is 0 Å². The third kappa shape index (κ3) is 4.75. The zero-order valence-electron chi connectivity index (χ0n) is 14.7. The van der Waals surface area contributed by atoms with E-state index in [0.717, 1.165) is 17.7 Å². The summed E-state index contributed by atoms with van der Waals surface area (Å²) in [6.07, 6.45) is 2.05. The summed E-state index contributed by atoms with van der Waals surface area (Å²) < 4.78 is 5.57. The lowest BCUT2D eigenvalue weighted by atomic mass is 10.1. The first kappa shape index (κ1) is 17.9. The number of hydrogen-bond acceptors (Lipinski definition) is 3. The Hall–Kier alpha value is -2.49. The van der Waals surface area contributed by atoms with Gasteiger partial charge in [0, 0.05) is 19.2 Å². The maximum absolute atomic E-state index is 12.4. The van der Waals surface area contributed by atoms with Gasteiger partial charge in [-0.05, 0) is 49.6 Å². The molecule has 4 nitrogen and oxygen atoms in total. The molecular weight excluding hydrogens is 300 g/mol. The Balaban J connectivity index is 1.93. The molecule has 24 heavy (non-hydrogen) atoms. The molecule has 0 aromatic heterocycles. The van der Waals surface area contributed by atoms with Crippen LogP contribution in [-0.4, -0.2) is 19.6 Å². The molecular formula is C20H26N2O2. The fourth-order valence-electron chi connectivity index (χ4n) is 2.43. The van der Waals surface area contributed by atoms with E-state index in [4.69, 9.17) is 10.5 Å². The van der Waals surface area contributed by atoms with Crippen molar-refractivity contribution < 1.29 is 9.53 Å². The van der Waals surface area contributed by atoms with Crippen LogP contribution in [0.2, 0.25) is 0 Å². The van der Waals surface area contributed by atoms with E-state index in [9.17, 15) is 4.79 Å². The molecule has 0 aliphatic rings. The summed E-state index contributed by atoms with van der Waals surface area (Å²) in [7, 11) is 1.81. The zero-order valence-corrected chi connectivity index (χ0v) is 14.7. The van der Waals surface area contributed by atoms with Gasteiger partial charge >= 0.3 is 0 Å². The van der Waals surface area contributed by atoms with E-state index >= 15 is 0 Å². The fraction of sp³-hybridized carbons (Fsp3) is 0.350. The molecule has 0 saturated carbocycles. The van der Waals surface area contributed by atoms with Crippen LogP contribution in [0.5, 0.6) is 5.75 Å². The first-order valence-corrected chi connectivity index (χ1v) is 8.35. The van der Waals surface area contributed by atoms with Gasteiger partial charge in [-0.15, -0.1) is 0 Å². The number of nitrogens with two attached hydrogens (primary N) is 1. The van der Waals surface area contributed by atoms with Crippen LogP contribution in [0.3, 0.4) is 0 Å². The van der Waals surface area contributed by atoms with Gasteiger partial charge in [0.15, 0.2) is 0 Å². The number of amides is 1. The number of aryl methyl sites for hydroxylation is 2. The van der Waals surface area contributed by atoms with Crippen molar-refractivity contribution in [3.8, 4) is 5.75 Å². The zero-order chi connectivity index (χ0) is 17.5. The molecule has 0 bridgehead atoms. The van der Waals surface area contributed by atoms with Crippen LogP contribution in [0.1, 0.15) is 30.9 Å². The van der Waals surface area contributed by atoms with Crippen LogP contribution in [0, 0.1) is 6.92 Å². The molecule has 2 N–H and O–H groups in total. The Morgan fingerprint density at radius 2 is 1.88 bits per heavy atom. The van der Waals surface area contributed by atoms with Gasteiger partial charge in [0.05, 0.1) is 12.3 Å². The monoisotopic (exact) mass is 326 g/mol. The van der Waals surface area contributed by atoms with E-state index in [1.54, 1.807) is 4.90 Å². The molecule has 2 rings (SSSR count). The molecule has 0 aliphatic carbocycles. The summed E-state index contributed by atoms with van der Waals surface area (Å²) in [6.45, 7) is 4.74. The van der Waals surface area contributed by atoms with Gasteiger partial charge in [-0.2, -0.15) is 0 Å². The van der Waals surface area contributed by atoms with E-state index in [2.05, 4.69) is 6.92 Å². The quantitative estimate of drug-likeness (QED) is 0.784. The summed E-state index contributed by atoms with van der Waals surface area (Å²) in [6, 6.07) is 13.7. The second-order valence-corrected chi connectivity index (χ2v) is 6.01. The Morgan fingerprint density at radius 3 is 2.50 bits per heavy atom. The Labute approximate surface area is 144 Å². The van der Waals surface area contributed by atoms with Crippen molar-refractivity contribution >= 4 is 17.3 Å². The Kier molecular flexibility index (Phi) is 6.24. The molecule has 0 saturated heterocycles. The van der Waals surface area contributed by atoms with E-state index in [1.807, 2.05) is 56.4 Å². The number of nitrogen functional groups attached to an aromatic ring is 1. The second-order valence-electron chi connectivity index (χ2n) is 6.01. The van der Waals surface area contributed by atoms with Crippen LogP contribution in [0.15, 0.2) is 42.5 Å². The van der Waals surface area contributed by atoms with E-state index in [0.29, 0.717) is 30.9 Å². The summed E-state index contributed by atoms with van der Waals surface area (Å²) >= 11 is 0. The average Bonchev–Trinajstić information content (AvgIpc) is 2.59. The van der Waals surface area contributed by atoms with Crippen molar-refractivity contribution in [2.45, 2.75) is 33.1 Å². The number of ether oxygens (including phenoxy) is 1. The van der Waals surface area contributed by atoms with Gasteiger partial charge < -0.3 is 15.4 Å². The Morgan fingerprint density at radius 1 is 1.17 bits per heavy atom. The topological polar surface area (TPSA) is 55.6 Å². The summed E-state index contributed by atoms with van der Waals surface area (Å²) in [5.41, 5.74) is 9.77. The number of carbonyl (C=O) groups excluding carboxylic acids is 1. The standard InChI is InChI=1S/C20H26N2O2/c1-4-13-24-19-11-7-16(14-18(19)21)8-12-20(23)22(3)17-9-5-15(2)6-10-17/h5-7,9-11,14H,4,8,12-13,21H2,1-3H3. The minimum absolute atomic E-state index is 0.0868. The van der Waals surface area contributed by atoms with Crippen LogP contribution in [0.25, 0.3) is 0 Å². The molecule has 0 fully saturated rings. The number of nitrogens with zero attached hydrogens (tertiary/aromatic N) is 1. The molecule has 2 aromatic carbocycles. The number of rotatable bonds is 7. The maximum atomic E-state index is 12.4. The van der Waals surface area contributed by atoms with Gasteiger partial charge in [0.1, 0.15) is 5.75 Å². The molecule has 2 aromatic rings. The molecule has 1 amide bonds. The fourth-order valence-corrected chi connectivity index (χ4v) is 2.43. The Bertz CT molecular complexity index is 681. The van der Waals surface area contributed by atoms with Crippen LogP contribution < -0.4 is 15.4 Å². The summed E-state index contributed by atoms with van der Waals surface area (Å²) in [5.74, 6) is 0.799. The lowest BCUT2D eigenvalue weighted by Crippen LogP contribution is -2.26. The highest BCUT2D eigenvalue weighted by atomic mass is 16.5. The number of anilines is 2.